The van der Waals surface area contributed by atoms with E-state index >= 15 is 0 Å². The summed E-state index contributed by atoms with van der Waals surface area (Å²) in [6, 6.07) is 6.23. The summed E-state index contributed by atoms with van der Waals surface area (Å²) in [4.78, 5) is 16.4. The van der Waals surface area contributed by atoms with Crippen molar-refractivity contribution < 1.29 is 13.2 Å². The van der Waals surface area contributed by atoms with Crippen LogP contribution < -0.4 is 10.6 Å². The molecule has 128 valence electrons. The van der Waals surface area contributed by atoms with Gasteiger partial charge in [-0.2, -0.15) is 5.10 Å². The van der Waals surface area contributed by atoms with Crippen molar-refractivity contribution in [1.82, 2.24) is 25.4 Å². The Bertz CT molecular complexity index is 829. The molecule has 1 unspecified atom stereocenters. The summed E-state index contributed by atoms with van der Waals surface area (Å²) in [6.45, 7) is 0.947. The summed E-state index contributed by atoms with van der Waals surface area (Å²) in [6.07, 6.45) is 4.31. The maximum absolute atomic E-state index is 12.0. The number of hydrogen-bond donors (Lipinski definition) is 2. The van der Waals surface area contributed by atoms with Gasteiger partial charge in [0.25, 0.3) is 0 Å². The Morgan fingerprint density at radius 3 is 2.79 bits per heavy atom. The Morgan fingerprint density at radius 2 is 2.08 bits per heavy atom. The fraction of sp³-hybridized carbons (Fsp3) is 0.400. The van der Waals surface area contributed by atoms with E-state index in [4.69, 9.17) is 0 Å². The molecule has 9 heteroatoms. The van der Waals surface area contributed by atoms with Gasteiger partial charge >= 0.3 is 6.03 Å². The maximum Gasteiger partial charge on any atom is 0.315 e. The van der Waals surface area contributed by atoms with Crippen molar-refractivity contribution >= 4 is 15.9 Å². The SMILES string of the molecule is CS(=O)(=O)c1ccc(CNC(=O)NC2CCc3ncnn3C2)cc1. The molecule has 0 fully saturated rings. The highest BCUT2D eigenvalue weighted by molar-refractivity contribution is 7.90. The highest BCUT2D eigenvalue weighted by Crippen LogP contribution is 2.12. The van der Waals surface area contributed by atoms with Crippen LogP contribution in [-0.4, -0.2) is 41.5 Å². The molecular formula is C15H19N5O3S. The normalized spacial score (nSPS) is 17.1. The van der Waals surface area contributed by atoms with E-state index in [1.165, 1.54) is 24.7 Å². The van der Waals surface area contributed by atoms with Gasteiger partial charge in [-0.15, -0.1) is 0 Å². The number of aromatic nitrogens is 3. The van der Waals surface area contributed by atoms with E-state index in [0.29, 0.717) is 13.1 Å². The molecule has 0 radical (unpaired) electrons. The van der Waals surface area contributed by atoms with Gasteiger partial charge in [0.2, 0.25) is 0 Å². The van der Waals surface area contributed by atoms with Gasteiger partial charge in [-0.3, -0.25) is 0 Å². The van der Waals surface area contributed by atoms with Crippen LogP contribution in [-0.2, 0) is 29.3 Å². The third-order valence-corrected chi connectivity index (χ3v) is 5.07. The smallest absolute Gasteiger partial charge is 0.315 e. The Kier molecular flexibility index (Phi) is 4.52. The molecule has 0 saturated carbocycles. The van der Waals surface area contributed by atoms with Gasteiger partial charge in [0.05, 0.1) is 17.5 Å². The first-order valence-electron chi connectivity index (χ1n) is 7.62. The van der Waals surface area contributed by atoms with Crippen molar-refractivity contribution in [3.05, 3.63) is 42.0 Å². The van der Waals surface area contributed by atoms with E-state index in [2.05, 4.69) is 20.7 Å². The van der Waals surface area contributed by atoms with Gasteiger partial charge in [0.15, 0.2) is 9.84 Å². The molecule has 1 aliphatic rings. The zero-order chi connectivity index (χ0) is 17.2. The third kappa shape index (κ3) is 3.91. The number of urea groups is 1. The quantitative estimate of drug-likeness (QED) is 0.836. The van der Waals surface area contributed by atoms with Crippen molar-refractivity contribution in [3.63, 3.8) is 0 Å². The first-order valence-corrected chi connectivity index (χ1v) is 9.51. The van der Waals surface area contributed by atoms with Crippen LogP contribution in [0, 0.1) is 0 Å². The second-order valence-corrected chi connectivity index (χ2v) is 7.85. The standard InChI is InChI=1S/C15H19N5O3S/c1-24(22,23)13-5-2-11(3-6-13)8-16-15(21)19-12-4-7-14-17-10-18-20(14)9-12/h2-3,5-6,10,12H,4,7-9H2,1H3,(H2,16,19,21). The Balaban J connectivity index is 1.49. The lowest BCUT2D eigenvalue weighted by atomic mass is 10.1. The van der Waals surface area contributed by atoms with Crippen LogP contribution in [0.3, 0.4) is 0 Å². The number of sulfone groups is 1. The Labute approximate surface area is 140 Å². The average molecular weight is 349 g/mol. The number of fused-ring (bicyclic) bond motifs is 1. The predicted molar refractivity (Wildman–Crippen MR) is 87.1 cm³/mol. The fourth-order valence-corrected chi connectivity index (χ4v) is 3.26. The minimum atomic E-state index is -3.20. The summed E-state index contributed by atoms with van der Waals surface area (Å²) in [5.41, 5.74) is 0.833. The van der Waals surface area contributed by atoms with Crippen LogP contribution in [0.25, 0.3) is 0 Å². The second kappa shape index (κ2) is 6.60. The summed E-state index contributed by atoms with van der Waals surface area (Å²) in [7, 11) is -3.20. The number of benzene rings is 1. The molecule has 1 aromatic carbocycles. The van der Waals surface area contributed by atoms with Gasteiger partial charge in [-0.1, -0.05) is 12.1 Å². The van der Waals surface area contributed by atoms with E-state index in [1.54, 1.807) is 16.8 Å². The third-order valence-electron chi connectivity index (χ3n) is 3.95. The first kappa shape index (κ1) is 16.4. The molecule has 2 heterocycles. The first-order chi connectivity index (χ1) is 11.4. The lowest BCUT2D eigenvalue weighted by Gasteiger charge is -2.23. The topological polar surface area (TPSA) is 106 Å². The molecule has 2 aromatic rings. The highest BCUT2D eigenvalue weighted by Gasteiger charge is 2.21. The van der Waals surface area contributed by atoms with E-state index in [9.17, 15) is 13.2 Å². The molecular weight excluding hydrogens is 330 g/mol. The largest absolute Gasteiger partial charge is 0.334 e. The zero-order valence-electron chi connectivity index (χ0n) is 13.3. The summed E-state index contributed by atoms with van der Waals surface area (Å²) in [5, 5.41) is 9.82. The number of nitrogens with one attached hydrogen (secondary N) is 2. The molecule has 3 rings (SSSR count). The van der Waals surface area contributed by atoms with E-state index in [0.717, 1.165) is 24.2 Å². The molecule has 24 heavy (non-hydrogen) atoms. The summed E-state index contributed by atoms with van der Waals surface area (Å²) < 4.78 is 24.6. The average Bonchev–Trinajstić information content (AvgIpc) is 3.00. The van der Waals surface area contributed by atoms with Gasteiger partial charge in [0.1, 0.15) is 12.2 Å². The second-order valence-electron chi connectivity index (χ2n) is 5.84. The lowest BCUT2D eigenvalue weighted by Crippen LogP contribution is -2.45. The number of aryl methyl sites for hydroxylation is 1. The van der Waals surface area contributed by atoms with E-state index < -0.39 is 9.84 Å². The maximum atomic E-state index is 12.0. The van der Waals surface area contributed by atoms with E-state index in [-0.39, 0.29) is 17.0 Å². The van der Waals surface area contributed by atoms with Crippen molar-refractivity contribution in [2.75, 3.05) is 6.26 Å². The number of rotatable bonds is 4. The van der Waals surface area contributed by atoms with Crippen LogP contribution >= 0.6 is 0 Å². The lowest BCUT2D eigenvalue weighted by molar-refractivity contribution is 0.231. The Hall–Kier alpha value is -2.42. The monoisotopic (exact) mass is 349 g/mol. The van der Waals surface area contributed by atoms with E-state index in [1.807, 2.05) is 0 Å². The number of carbonyl (C=O) groups is 1. The van der Waals surface area contributed by atoms with Crippen LogP contribution in [0.15, 0.2) is 35.5 Å². The Morgan fingerprint density at radius 1 is 1.33 bits per heavy atom. The molecule has 2 N–H and O–H groups in total. The van der Waals surface area contributed by atoms with Gasteiger partial charge in [-0.05, 0) is 24.1 Å². The molecule has 0 aliphatic carbocycles. The van der Waals surface area contributed by atoms with Gasteiger partial charge in [0, 0.05) is 19.2 Å². The van der Waals surface area contributed by atoms with Crippen LogP contribution in [0.2, 0.25) is 0 Å². The van der Waals surface area contributed by atoms with Crippen molar-refractivity contribution in [3.8, 4) is 0 Å². The fourth-order valence-electron chi connectivity index (χ4n) is 2.63. The molecule has 0 spiro atoms. The number of amides is 2. The molecule has 8 nitrogen and oxygen atoms in total. The van der Waals surface area contributed by atoms with Crippen molar-refractivity contribution in [2.24, 2.45) is 0 Å². The van der Waals surface area contributed by atoms with Crippen molar-refractivity contribution in [2.45, 2.75) is 36.9 Å². The molecule has 1 aliphatic heterocycles. The van der Waals surface area contributed by atoms with Crippen LogP contribution in [0.4, 0.5) is 4.79 Å². The van der Waals surface area contributed by atoms with Gasteiger partial charge < -0.3 is 10.6 Å². The molecule has 0 saturated heterocycles. The molecule has 2 amide bonds. The van der Waals surface area contributed by atoms with Crippen LogP contribution in [0.5, 0.6) is 0 Å². The minimum absolute atomic E-state index is 0.0202. The summed E-state index contributed by atoms with van der Waals surface area (Å²) in [5.74, 6) is 0.944. The molecule has 1 aromatic heterocycles. The highest BCUT2D eigenvalue weighted by atomic mass is 32.2. The van der Waals surface area contributed by atoms with Crippen molar-refractivity contribution in [1.29, 1.82) is 0 Å². The molecule has 1 atom stereocenters. The van der Waals surface area contributed by atoms with Gasteiger partial charge in [-0.25, -0.2) is 22.9 Å². The summed E-state index contributed by atoms with van der Waals surface area (Å²) >= 11 is 0. The van der Waals surface area contributed by atoms with Crippen LogP contribution in [0.1, 0.15) is 17.8 Å². The molecule has 0 bridgehead atoms. The number of nitrogens with zero attached hydrogens (tertiary/aromatic N) is 3. The predicted octanol–water partition coefficient (Wildman–Crippen LogP) is 0.496. The minimum Gasteiger partial charge on any atom is -0.334 e. The zero-order valence-corrected chi connectivity index (χ0v) is 14.1. The number of hydrogen-bond acceptors (Lipinski definition) is 5. The number of carbonyl (C=O) groups excluding carboxylic acids is 1.